The summed E-state index contributed by atoms with van der Waals surface area (Å²) in [4.78, 5) is 0. The molecule has 58 valence electrons. The number of amidine groups is 1. The lowest BCUT2D eigenvalue weighted by Gasteiger charge is -2.03. The highest BCUT2D eigenvalue weighted by molar-refractivity contribution is 8.14. The van der Waals surface area contributed by atoms with Gasteiger partial charge in [-0.25, -0.2) is 0 Å². The summed E-state index contributed by atoms with van der Waals surface area (Å²) in [5.74, 6) is 4.95. The number of ether oxygens (including phenoxy) is 1. The highest BCUT2D eigenvalue weighted by Crippen LogP contribution is 2.19. The van der Waals surface area contributed by atoms with Crippen molar-refractivity contribution in [3.8, 4) is 0 Å². The fourth-order valence-corrected chi connectivity index (χ4v) is 1.59. The Morgan fingerprint density at radius 2 is 2.50 bits per heavy atom. The number of nitrogens with two attached hydrogens (primary N) is 2. The number of hydrogen-bond acceptors (Lipinski definition) is 4. The van der Waals surface area contributed by atoms with Crippen molar-refractivity contribution < 1.29 is 4.74 Å². The van der Waals surface area contributed by atoms with Gasteiger partial charge in [0.15, 0.2) is 5.17 Å². The van der Waals surface area contributed by atoms with Crippen LogP contribution in [0.25, 0.3) is 0 Å². The minimum Gasteiger partial charge on any atom is -0.380 e. The maximum Gasteiger partial charge on any atom is 0.177 e. The summed E-state index contributed by atoms with van der Waals surface area (Å²) >= 11 is 1.48. The molecule has 10 heavy (non-hydrogen) atoms. The van der Waals surface area contributed by atoms with E-state index in [2.05, 4.69) is 5.10 Å². The van der Waals surface area contributed by atoms with Crippen molar-refractivity contribution >= 4 is 16.9 Å². The molecule has 0 aromatic rings. The van der Waals surface area contributed by atoms with E-state index in [4.69, 9.17) is 16.3 Å². The zero-order chi connectivity index (χ0) is 7.40. The molecule has 4 N–H and O–H groups in total. The molecule has 1 heterocycles. The number of rotatable bonds is 1. The summed E-state index contributed by atoms with van der Waals surface area (Å²) in [7, 11) is 0. The van der Waals surface area contributed by atoms with Crippen LogP contribution in [0.4, 0.5) is 0 Å². The Morgan fingerprint density at radius 3 is 3.00 bits per heavy atom. The molecule has 0 radical (unpaired) electrons. The van der Waals surface area contributed by atoms with Gasteiger partial charge in [0, 0.05) is 11.9 Å². The van der Waals surface area contributed by atoms with Crippen molar-refractivity contribution in [3.63, 3.8) is 0 Å². The second-order valence-electron chi connectivity index (χ2n) is 2.07. The van der Waals surface area contributed by atoms with E-state index in [1.807, 2.05) is 0 Å². The van der Waals surface area contributed by atoms with Gasteiger partial charge in [-0.2, -0.15) is 5.10 Å². The van der Waals surface area contributed by atoms with Gasteiger partial charge < -0.3 is 16.3 Å². The van der Waals surface area contributed by atoms with E-state index >= 15 is 0 Å². The van der Waals surface area contributed by atoms with Crippen LogP contribution < -0.4 is 11.6 Å². The monoisotopic (exact) mass is 161 g/mol. The molecule has 4 nitrogen and oxygen atoms in total. The summed E-state index contributed by atoms with van der Waals surface area (Å²) in [5.41, 5.74) is 5.39. The SMILES string of the molecule is NN=C(N)SC1CCOC1. The first kappa shape index (κ1) is 7.68. The Kier molecular flexibility index (Phi) is 2.82. The Labute approximate surface area is 64.0 Å². The van der Waals surface area contributed by atoms with Crippen LogP contribution >= 0.6 is 11.8 Å². The van der Waals surface area contributed by atoms with Gasteiger partial charge in [0.25, 0.3) is 0 Å². The normalized spacial score (nSPS) is 27.2. The lowest BCUT2D eigenvalue weighted by Crippen LogP contribution is -2.15. The van der Waals surface area contributed by atoms with Gasteiger partial charge >= 0.3 is 0 Å². The molecule has 1 saturated heterocycles. The van der Waals surface area contributed by atoms with Gasteiger partial charge in [0.2, 0.25) is 0 Å². The maximum atomic E-state index is 5.39. The van der Waals surface area contributed by atoms with Gasteiger partial charge in [0.05, 0.1) is 6.61 Å². The van der Waals surface area contributed by atoms with Crippen LogP contribution in [-0.4, -0.2) is 23.6 Å². The largest absolute Gasteiger partial charge is 0.380 e. The first-order chi connectivity index (χ1) is 4.83. The van der Waals surface area contributed by atoms with Gasteiger partial charge in [0.1, 0.15) is 0 Å². The first-order valence-corrected chi connectivity index (χ1v) is 3.98. The van der Waals surface area contributed by atoms with Crippen LogP contribution in [0, 0.1) is 0 Å². The molecular formula is C5H11N3OS. The summed E-state index contributed by atoms with van der Waals surface area (Å²) in [6.45, 7) is 1.59. The van der Waals surface area contributed by atoms with Crippen LogP contribution in [0.3, 0.4) is 0 Å². The van der Waals surface area contributed by atoms with Crippen molar-refractivity contribution in [2.75, 3.05) is 13.2 Å². The van der Waals surface area contributed by atoms with Crippen molar-refractivity contribution in [2.45, 2.75) is 11.7 Å². The number of hydrazone groups is 1. The van der Waals surface area contributed by atoms with E-state index in [0.29, 0.717) is 10.4 Å². The Bertz CT molecular complexity index is 133. The lowest BCUT2D eigenvalue weighted by molar-refractivity contribution is 0.199. The Morgan fingerprint density at radius 1 is 1.70 bits per heavy atom. The van der Waals surface area contributed by atoms with Crippen molar-refractivity contribution in [1.82, 2.24) is 0 Å². The maximum absolute atomic E-state index is 5.39. The fraction of sp³-hybridized carbons (Fsp3) is 0.800. The average Bonchev–Trinajstić information content (AvgIpc) is 2.40. The summed E-state index contributed by atoms with van der Waals surface area (Å²) in [6, 6.07) is 0. The molecule has 1 unspecified atom stereocenters. The van der Waals surface area contributed by atoms with Crippen LogP contribution in [0.15, 0.2) is 5.10 Å². The topological polar surface area (TPSA) is 73.6 Å². The molecule has 1 aliphatic rings. The van der Waals surface area contributed by atoms with Crippen molar-refractivity contribution in [2.24, 2.45) is 16.7 Å². The quantitative estimate of drug-likeness (QED) is 0.239. The third kappa shape index (κ3) is 2.07. The van der Waals surface area contributed by atoms with E-state index < -0.39 is 0 Å². The van der Waals surface area contributed by atoms with Gasteiger partial charge in [-0.05, 0) is 6.42 Å². The molecule has 0 amide bonds. The third-order valence-electron chi connectivity index (χ3n) is 1.30. The van der Waals surface area contributed by atoms with Crippen LogP contribution in [-0.2, 0) is 4.74 Å². The van der Waals surface area contributed by atoms with Gasteiger partial charge in [-0.3, -0.25) is 0 Å². The standard InChI is InChI=1S/C5H11N3OS/c6-5(8-7)10-4-1-2-9-3-4/h4H,1-3,7H2,(H2,6,8). The molecular weight excluding hydrogens is 150 g/mol. The minimum atomic E-state index is 0.440. The summed E-state index contributed by atoms with van der Waals surface area (Å²) in [5, 5.41) is 4.25. The van der Waals surface area contributed by atoms with Crippen molar-refractivity contribution in [3.05, 3.63) is 0 Å². The predicted octanol–water partition coefficient (Wildman–Crippen LogP) is -0.303. The van der Waals surface area contributed by atoms with Gasteiger partial charge in [-0.15, -0.1) is 0 Å². The van der Waals surface area contributed by atoms with E-state index in [0.717, 1.165) is 19.6 Å². The summed E-state index contributed by atoms with van der Waals surface area (Å²) in [6.07, 6.45) is 1.04. The van der Waals surface area contributed by atoms with Gasteiger partial charge in [-0.1, -0.05) is 11.8 Å². The lowest BCUT2D eigenvalue weighted by atomic mass is 10.4. The fourth-order valence-electron chi connectivity index (χ4n) is 0.807. The molecule has 1 rings (SSSR count). The molecule has 0 bridgehead atoms. The minimum absolute atomic E-state index is 0.440. The molecule has 1 aliphatic heterocycles. The first-order valence-electron chi connectivity index (χ1n) is 3.10. The zero-order valence-corrected chi connectivity index (χ0v) is 6.43. The second-order valence-corrected chi connectivity index (χ2v) is 3.39. The zero-order valence-electron chi connectivity index (χ0n) is 5.62. The Hall–Kier alpha value is -0.420. The molecule has 0 aliphatic carbocycles. The molecule has 0 aromatic heterocycles. The number of hydrogen-bond donors (Lipinski definition) is 2. The second kappa shape index (κ2) is 3.68. The van der Waals surface area contributed by atoms with E-state index in [1.165, 1.54) is 11.8 Å². The number of thioether (sulfide) groups is 1. The third-order valence-corrected chi connectivity index (χ3v) is 2.35. The summed E-state index contributed by atoms with van der Waals surface area (Å²) < 4.78 is 5.13. The highest BCUT2D eigenvalue weighted by Gasteiger charge is 2.17. The Balaban J connectivity index is 2.24. The molecule has 1 fully saturated rings. The highest BCUT2D eigenvalue weighted by atomic mass is 32.2. The van der Waals surface area contributed by atoms with Crippen molar-refractivity contribution in [1.29, 1.82) is 0 Å². The average molecular weight is 161 g/mol. The number of nitrogens with zero attached hydrogens (tertiary/aromatic N) is 1. The van der Waals surface area contributed by atoms with Crippen LogP contribution in [0.5, 0.6) is 0 Å². The van der Waals surface area contributed by atoms with E-state index in [1.54, 1.807) is 0 Å². The van der Waals surface area contributed by atoms with Crippen LogP contribution in [0.1, 0.15) is 6.42 Å². The molecule has 5 heteroatoms. The van der Waals surface area contributed by atoms with E-state index in [9.17, 15) is 0 Å². The van der Waals surface area contributed by atoms with Crippen LogP contribution in [0.2, 0.25) is 0 Å². The molecule has 1 atom stereocenters. The predicted molar refractivity (Wildman–Crippen MR) is 42.6 cm³/mol. The molecule has 0 aromatic carbocycles. The van der Waals surface area contributed by atoms with E-state index in [-0.39, 0.29) is 0 Å². The smallest absolute Gasteiger partial charge is 0.177 e. The molecule has 0 saturated carbocycles. The molecule has 0 spiro atoms.